The zero-order valence-corrected chi connectivity index (χ0v) is 18.9. The molecule has 0 unspecified atom stereocenters. The molecule has 35 heavy (non-hydrogen) atoms. The maximum atomic E-state index is 14.4. The molecule has 0 aliphatic carbocycles. The minimum atomic E-state index is -5.24. The first-order chi connectivity index (χ1) is 15.9. The molecule has 7 nitrogen and oxygen atoms in total. The van der Waals surface area contributed by atoms with E-state index in [4.69, 9.17) is 0 Å². The van der Waals surface area contributed by atoms with Gasteiger partial charge in [0.15, 0.2) is 5.13 Å². The van der Waals surface area contributed by atoms with Crippen molar-refractivity contribution in [3.05, 3.63) is 66.5 Å². The van der Waals surface area contributed by atoms with Crippen LogP contribution in [0, 0.1) is 11.6 Å². The average molecular weight is 540 g/mol. The zero-order chi connectivity index (χ0) is 24.9. The van der Waals surface area contributed by atoms with E-state index in [1.54, 1.807) is 5.38 Å². The van der Waals surface area contributed by atoms with E-state index in [0.717, 1.165) is 33.3 Å². The number of thiazole rings is 1. The number of rotatable bonds is 4. The van der Waals surface area contributed by atoms with Gasteiger partial charge in [-0.2, -0.15) is 13.2 Å². The summed E-state index contributed by atoms with van der Waals surface area (Å²) in [6.07, 6.45) is -5.48. The molecule has 0 aliphatic rings. The number of amides is 1. The van der Waals surface area contributed by atoms with Gasteiger partial charge in [0.25, 0.3) is 5.56 Å². The fraction of sp³-hybridized carbons (Fsp3) is 0.200. The van der Waals surface area contributed by atoms with Crippen LogP contribution in [-0.2, 0) is 31.5 Å². The van der Waals surface area contributed by atoms with Gasteiger partial charge in [0, 0.05) is 25.0 Å². The number of hydrogen-bond donors (Lipinski definition) is 1. The number of thiophene rings is 1. The molecule has 0 spiro atoms. The van der Waals surface area contributed by atoms with Crippen molar-refractivity contribution in [2.24, 2.45) is 14.1 Å². The number of nitrogens with zero attached hydrogens (tertiary/aromatic N) is 3. The number of carbonyl (C=O) groups excluding carboxylic acids is 1. The number of nitrogens with one attached hydrogen (secondary N) is 1. The number of alkyl halides is 3. The Hall–Kier alpha value is -2.39. The molecule has 1 N–H and O–H groups in total. The van der Waals surface area contributed by atoms with Gasteiger partial charge in [0.1, 0.15) is 22.0 Å². The Kier molecular flexibility index (Phi) is 7.72. The van der Waals surface area contributed by atoms with Crippen LogP contribution in [0.4, 0.5) is 27.1 Å². The number of aromatic nitrogens is 3. The van der Waals surface area contributed by atoms with E-state index in [1.165, 1.54) is 24.0 Å². The molecule has 1 amide bonds. The van der Waals surface area contributed by atoms with Crippen molar-refractivity contribution in [3.63, 3.8) is 0 Å². The molecular weight excluding hydrogens is 526 g/mol. The Bertz CT molecular complexity index is 1570. The van der Waals surface area contributed by atoms with Crippen LogP contribution in [0.2, 0.25) is 0 Å². The molecule has 15 heteroatoms. The summed E-state index contributed by atoms with van der Waals surface area (Å²) in [5, 5.41) is 5.43. The predicted octanol–water partition coefficient (Wildman–Crippen LogP) is 3.25. The van der Waals surface area contributed by atoms with E-state index in [0.29, 0.717) is 16.5 Å². The number of anilines is 1. The van der Waals surface area contributed by atoms with Gasteiger partial charge in [0.05, 0.1) is 17.5 Å². The summed E-state index contributed by atoms with van der Waals surface area (Å²) in [7, 11) is 2.82. The predicted molar refractivity (Wildman–Crippen MR) is 124 cm³/mol. The van der Waals surface area contributed by atoms with E-state index in [1.807, 2.05) is 0 Å². The molecule has 0 atom stereocenters. The number of carbonyl (C=O) groups is 1. The quantitative estimate of drug-likeness (QED) is 0.318. The zero-order valence-electron chi connectivity index (χ0n) is 17.3. The van der Waals surface area contributed by atoms with Crippen LogP contribution in [0.5, 0.6) is 0 Å². The summed E-state index contributed by atoms with van der Waals surface area (Å²) >= 11 is 1.96. The van der Waals surface area contributed by atoms with E-state index in [9.17, 15) is 36.3 Å². The van der Waals surface area contributed by atoms with Crippen molar-refractivity contribution in [2.75, 3.05) is 5.32 Å². The molecular formula is C20H14F5N4NaO3S2. The summed E-state index contributed by atoms with van der Waals surface area (Å²) in [5.74, 6) is -4.14. The standard InChI is InChI=1S/C20H13F5N4O3S2.Na.H/c1-28-16(31)13-8(6-33-17(13)29(2)19(28)32)5-12(30)27-18-26-11(7-34-18)9-3-4-10(21)14(15(9)22)20(23,24)25;;/h3-4,6-7H,5H2,1-2H3,(H,26,27,30);;. The SMILES string of the molecule is Cn1c(=O)c2c(CC(=O)Nc3nc(-c4ccc(F)c(C(F)(F)F)c4F)cs3)csc2n(C)c1=O.[NaH]. The second kappa shape index (κ2) is 9.93. The summed E-state index contributed by atoms with van der Waals surface area (Å²) in [6, 6.07) is 1.33. The number of hydrogen-bond acceptors (Lipinski definition) is 6. The molecule has 0 fully saturated rings. The van der Waals surface area contributed by atoms with Crippen LogP contribution in [-0.4, -0.2) is 49.6 Å². The summed E-state index contributed by atoms with van der Waals surface area (Å²) < 4.78 is 69.1. The van der Waals surface area contributed by atoms with Crippen molar-refractivity contribution in [3.8, 4) is 11.3 Å². The molecule has 0 aliphatic heterocycles. The molecule has 4 aromatic rings. The van der Waals surface area contributed by atoms with Gasteiger partial charge in [-0.3, -0.25) is 18.7 Å². The van der Waals surface area contributed by atoms with Crippen molar-refractivity contribution < 1.29 is 26.7 Å². The molecule has 0 saturated heterocycles. The van der Waals surface area contributed by atoms with E-state index < -0.39 is 46.1 Å². The second-order valence-corrected chi connectivity index (χ2v) is 8.91. The first-order valence-corrected chi connectivity index (χ1v) is 11.1. The third kappa shape index (κ3) is 4.98. The Morgan fingerprint density at radius 2 is 1.77 bits per heavy atom. The van der Waals surface area contributed by atoms with Crippen molar-refractivity contribution in [1.29, 1.82) is 0 Å². The Morgan fingerprint density at radius 1 is 1.09 bits per heavy atom. The molecule has 1 aromatic carbocycles. The summed E-state index contributed by atoms with van der Waals surface area (Å²) in [5.41, 5.74) is -3.49. The van der Waals surface area contributed by atoms with Gasteiger partial charge < -0.3 is 5.32 Å². The minimum absolute atomic E-state index is 0. The molecule has 3 aromatic heterocycles. The molecule has 0 radical (unpaired) electrons. The van der Waals surface area contributed by atoms with Crippen LogP contribution in [0.15, 0.2) is 32.5 Å². The molecule has 4 rings (SSSR count). The van der Waals surface area contributed by atoms with Crippen molar-refractivity contribution >= 4 is 73.5 Å². The van der Waals surface area contributed by atoms with Crippen LogP contribution < -0.4 is 16.6 Å². The third-order valence-corrected chi connectivity index (χ3v) is 6.86. The van der Waals surface area contributed by atoms with Gasteiger partial charge >= 0.3 is 41.4 Å². The molecule has 3 heterocycles. The third-order valence-electron chi connectivity index (χ3n) is 5.00. The van der Waals surface area contributed by atoms with E-state index in [2.05, 4.69) is 10.3 Å². The van der Waals surface area contributed by atoms with Gasteiger partial charge in [0.2, 0.25) is 5.91 Å². The summed E-state index contributed by atoms with van der Waals surface area (Å²) in [4.78, 5) is 41.4. The monoisotopic (exact) mass is 540 g/mol. The van der Waals surface area contributed by atoms with Crippen LogP contribution in [0.1, 0.15) is 11.1 Å². The Balaban J connectivity index is 0.00000342. The van der Waals surface area contributed by atoms with Gasteiger partial charge in [-0.15, -0.1) is 22.7 Å². The first-order valence-electron chi connectivity index (χ1n) is 9.37. The number of benzene rings is 1. The van der Waals surface area contributed by atoms with Crippen molar-refractivity contribution in [2.45, 2.75) is 12.6 Å². The summed E-state index contributed by atoms with van der Waals surface area (Å²) in [6.45, 7) is 0. The van der Waals surface area contributed by atoms with E-state index >= 15 is 0 Å². The fourth-order valence-corrected chi connectivity index (χ4v) is 5.11. The molecule has 180 valence electrons. The fourth-order valence-electron chi connectivity index (χ4n) is 3.36. The number of aryl methyl sites for hydroxylation is 1. The van der Waals surface area contributed by atoms with Gasteiger partial charge in [-0.1, -0.05) is 0 Å². The molecule has 0 bridgehead atoms. The number of fused-ring (bicyclic) bond motifs is 1. The van der Waals surface area contributed by atoms with Crippen molar-refractivity contribution in [1.82, 2.24) is 14.1 Å². The van der Waals surface area contributed by atoms with E-state index in [-0.39, 0.29) is 52.2 Å². The van der Waals surface area contributed by atoms with Gasteiger partial charge in [-0.25, -0.2) is 18.6 Å². The Morgan fingerprint density at radius 3 is 2.43 bits per heavy atom. The Labute approximate surface area is 223 Å². The first kappa shape index (κ1) is 27.2. The van der Waals surface area contributed by atoms with Crippen LogP contribution in [0.25, 0.3) is 21.5 Å². The average Bonchev–Trinajstić information content (AvgIpc) is 3.37. The topological polar surface area (TPSA) is 86.0 Å². The second-order valence-electron chi connectivity index (χ2n) is 7.19. The van der Waals surface area contributed by atoms with Crippen LogP contribution >= 0.6 is 22.7 Å². The van der Waals surface area contributed by atoms with Gasteiger partial charge in [-0.05, 0) is 23.1 Å². The molecule has 0 saturated carbocycles. The normalized spacial score (nSPS) is 11.5. The van der Waals surface area contributed by atoms with Crippen LogP contribution in [0.3, 0.4) is 0 Å². The number of halogens is 5. The maximum absolute atomic E-state index is 14.4.